The van der Waals surface area contributed by atoms with Crippen LogP contribution in [-0.4, -0.2) is 22.2 Å². The lowest BCUT2D eigenvalue weighted by atomic mass is 9.99. The van der Waals surface area contributed by atoms with Gasteiger partial charge in [0.1, 0.15) is 0 Å². The summed E-state index contributed by atoms with van der Waals surface area (Å²) in [6, 6.07) is 1.90. The van der Waals surface area contributed by atoms with Crippen LogP contribution in [0.1, 0.15) is 17.9 Å². The summed E-state index contributed by atoms with van der Waals surface area (Å²) in [4.78, 5) is 10.6. The fraction of sp³-hybridized carbons (Fsp3) is 0.444. The SMILES string of the molecule is Cn1cc(C(CN)CC(=O)O)cc1Br. The second kappa shape index (κ2) is 4.61. The third-order valence-electron chi connectivity index (χ3n) is 2.14. The number of aryl methyl sites for hydroxylation is 1. The van der Waals surface area contributed by atoms with E-state index in [0.29, 0.717) is 6.54 Å². The average molecular weight is 261 g/mol. The van der Waals surface area contributed by atoms with Crippen molar-refractivity contribution in [3.8, 4) is 0 Å². The van der Waals surface area contributed by atoms with Crippen molar-refractivity contribution in [3.05, 3.63) is 22.4 Å². The van der Waals surface area contributed by atoms with E-state index in [4.69, 9.17) is 10.8 Å². The fourth-order valence-electron chi connectivity index (χ4n) is 1.33. The molecule has 0 bridgehead atoms. The van der Waals surface area contributed by atoms with E-state index in [-0.39, 0.29) is 12.3 Å². The predicted molar refractivity (Wildman–Crippen MR) is 57.2 cm³/mol. The molecule has 14 heavy (non-hydrogen) atoms. The highest BCUT2D eigenvalue weighted by Gasteiger charge is 2.15. The minimum Gasteiger partial charge on any atom is -0.481 e. The second-order valence-electron chi connectivity index (χ2n) is 3.24. The minimum atomic E-state index is -0.819. The lowest BCUT2D eigenvalue weighted by Gasteiger charge is -2.09. The van der Waals surface area contributed by atoms with Crippen LogP contribution in [0.25, 0.3) is 0 Å². The average Bonchev–Trinajstić information content (AvgIpc) is 2.42. The van der Waals surface area contributed by atoms with Gasteiger partial charge in [-0.25, -0.2) is 0 Å². The largest absolute Gasteiger partial charge is 0.481 e. The molecule has 0 fully saturated rings. The van der Waals surface area contributed by atoms with Gasteiger partial charge in [-0.3, -0.25) is 4.79 Å². The van der Waals surface area contributed by atoms with Gasteiger partial charge in [0.2, 0.25) is 0 Å². The highest BCUT2D eigenvalue weighted by Crippen LogP contribution is 2.23. The maximum atomic E-state index is 10.6. The number of aliphatic carboxylic acids is 1. The first-order chi connectivity index (χ1) is 6.54. The van der Waals surface area contributed by atoms with E-state index in [2.05, 4.69) is 15.9 Å². The summed E-state index contributed by atoms with van der Waals surface area (Å²) in [6.45, 7) is 0.350. The molecule has 1 aromatic rings. The summed E-state index contributed by atoms with van der Waals surface area (Å²) in [5.74, 6) is -0.926. The number of carboxylic acid groups (broad SMARTS) is 1. The van der Waals surface area contributed by atoms with Crippen LogP contribution in [-0.2, 0) is 11.8 Å². The molecule has 1 aromatic heterocycles. The summed E-state index contributed by atoms with van der Waals surface area (Å²) in [5, 5.41) is 8.68. The number of hydrogen-bond donors (Lipinski definition) is 2. The molecule has 0 spiro atoms. The molecule has 0 radical (unpaired) electrons. The summed E-state index contributed by atoms with van der Waals surface area (Å²) >= 11 is 3.35. The molecule has 0 aliphatic heterocycles. The number of nitrogens with zero attached hydrogens (tertiary/aromatic N) is 1. The molecule has 5 heteroatoms. The van der Waals surface area contributed by atoms with Crippen molar-refractivity contribution < 1.29 is 9.90 Å². The zero-order valence-electron chi connectivity index (χ0n) is 7.90. The van der Waals surface area contributed by atoms with Crippen molar-refractivity contribution in [2.75, 3.05) is 6.54 Å². The number of rotatable bonds is 4. The molecule has 0 aliphatic carbocycles. The predicted octanol–water partition coefficient (Wildman–Crippen LogP) is 1.30. The van der Waals surface area contributed by atoms with E-state index in [1.54, 1.807) is 0 Å². The number of aromatic nitrogens is 1. The lowest BCUT2D eigenvalue weighted by molar-refractivity contribution is -0.137. The maximum Gasteiger partial charge on any atom is 0.304 e. The Hall–Kier alpha value is -0.810. The molecular formula is C9H13BrN2O2. The highest BCUT2D eigenvalue weighted by atomic mass is 79.9. The number of carbonyl (C=O) groups is 1. The van der Waals surface area contributed by atoms with Crippen LogP contribution in [0, 0.1) is 0 Å². The first-order valence-corrected chi connectivity index (χ1v) is 5.07. The van der Waals surface area contributed by atoms with Gasteiger partial charge >= 0.3 is 5.97 Å². The van der Waals surface area contributed by atoms with E-state index in [1.165, 1.54) is 0 Å². The van der Waals surface area contributed by atoms with Crippen molar-refractivity contribution in [2.24, 2.45) is 12.8 Å². The zero-order valence-corrected chi connectivity index (χ0v) is 9.49. The monoisotopic (exact) mass is 260 g/mol. The Morgan fingerprint density at radius 2 is 2.43 bits per heavy atom. The molecular weight excluding hydrogens is 248 g/mol. The van der Waals surface area contributed by atoms with Gasteiger partial charge in [-0.05, 0) is 34.1 Å². The van der Waals surface area contributed by atoms with Crippen molar-refractivity contribution in [1.82, 2.24) is 4.57 Å². The van der Waals surface area contributed by atoms with Gasteiger partial charge in [-0.15, -0.1) is 0 Å². The molecule has 4 nitrogen and oxygen atoms in total. The molecule has 0 amide bonds. The van der Waals surface area contributed by atoms with Gasteiger partial charge in [0, 0.05) is 19.2 Å². The summed E-state index contributed by atoms with van der Waals surface area (Å²) in [5.41, 5.74) is 6.49. The van der Waals surface area contributed by atoms with E-state index < -0.39 is 5.97 Å². The minimum absolute atomic E-state index is 0.0763. The first-order valence-electron chi connectivity index (χ1n) is 4.28. The quantitative estimate of drug-likeness (QED) is 0.858. The fourth-order valence-corrected chi connectivity index (χ4v) is 1.70. The van der Waals surface area contributed by atoms with Crippen LogP contribution >= 0.6 is 15.9 Å². The molecule has 0 aliphatic rings. The van der Waals surface area contributed by atoms with Crippen LogP contribution in [0.3, 0.4) is 0 Å². The third-order valence-corrected chi connectivity index (χ3v) is 2.93. The third kappa shape index (κ3) is 2.59. The smallest absolute Gasteiger partial charge is 0.304 e. The lowest BCUT2D eigenvalue weighted by Crippen LogP contribution is -2.15. The van der Waals surface area contributed by atoms with Crippen LogP contribution in [0.5, 0.6) is 0 Å². The molecule has 78 valence electrons. The van der Waals surface area contributed by atoms with Gasteiger partial charge in [0.25, 0.3) is 0 Å². The van der Waals surface area contributed by atoms with E-state index in [0.717, 1.165) is 10.2 Å². The molecule has 0 saturated carbocycles. The Kier molecular flexibility index (Phi) is 3.71. The number of carboxylic acids is 1. The summed E-state index contributed by atoms with van der Waals surface area (Å²) in [7, 11) is 1.89. The Labute approximate surface area is 90.8 Å². The van der Waals surface area contributed by atoms with E-state index in [1.807, 2.05) is 23.9 Å². The highest BCUT2D eigenvalue weighted by molar-refractivity contribution is 9.10. The van der Waals surface area contributed by atoms with Crippen molar-refractivity contribution >= 4 is 21.9 Å². The van der Waals surface area contributed by atoms with Gasteiger partial charge in [0.05, 0.1) is 11.0 Å². The summed E-state index contributed by atoms with van der Waals surface area (Å²) < 4.78 is 2.82. The second-order valence-corrected chi connectivity index (χ2v) is 4.05. The molecule has 3 N–H and O–H groups in total. The Morgan fingerprint density at radius 3 is 2.79 bits per heavy atom. The molecule has 1 rings (SSSR count). The van der Waals surface area contributed by atoms with Gasteiger partial charge in [-0.2, -0.15) is 0 Å². The van der Waals surface area contributed by atoms with Crippen LogP contribution in [0.4, 0.5) is 0 Å². The Morgan fingerprint density at radius 1 is 1.79 bits per heavy atom. The number of hydrogen-bond acceptors (Lipinski definition) is 2. The zero-order chi connectivity index (χ0) is 10.7. The van der Waals surface area contributed by atoms with Crippen molar-refractivity contribution in [1.29, 1.82) is 0 Å². The number of halogens is 1. The van der Waals surface area contributed by atoms with Crippen LogP contribution in [0.15, 0.2) is 16.9 Å². The Bertz CT molecular complexity index is 316. The van der Waals surface area contributed by atoms with Gasteiger partial charge < -0.3 is 15.4 Å². The van der Waals surface area contributed by atoms with Crippen LogP contribution in [0.2, 0.25) is 0 Å². The van der Waals surface area contributed by atoms with Crippen molar-refractivity contribution in [3.63, 3.8) is 0 Å². The van der Waals surface area contributed by atoms with E-state index >= 15 is 0 Å². The molecule has 0 saturated heterocycles. The number of nitrogens with two attached hydrogens (primary N) is 1. The molecule has 0 aromatic carbocycles. The molecule has 1 heterocycles. The van der Waals surface area contributed by atoms with Gasteiger partial charge in [-0.1, -0.05) is 0 Å². The van der Waals surface area contributed by atoms with Crippen molar-refractivity contribution in [2.45, 2.75) is 12.3 Å². The molecule has 1 atom stereocenters. The van der Waals surface area contributed by atoms with E-state index in [9.17, 15) is 4.79 Å². The maximum absolute atomic E-state index is 10.6. The normalized spacial score (nSPS) is 12.8. The summed E-state index contributed by atoms with van der Waals surface area (Å²) in [6.07, 6.45) is 1.97. The topological polar surface area (TPSA) is 68.2 Å². The standard InChI is InChI=1S/C9H13BrN2O2/c1-12-5-7(2-8(12)10)6(4-11)3-9(13)14/h2,5-6H,3-4,11H2,1H3,(H,13,14). The van der Waals surface area contributed by atoms with Gasteiger partial charge in [0.15, 0.2) is 0 Å². The first kappa shape index (κ1) is 11.3. The van der Waals surface area contributed by atoms with Crippen LogP contribution < -0.4 is 5.73 Å². The molecule has 1 unspecified atom stereocenters. The Balaban J connectivity index is 2.83.